The van der Waals surface area contributed by atoms with Gasteiger partial charge in [-0.2, -0.15) is 18.0 Å². The fraction of sp³-hybridized carbons (Fsp3) is 0.412. The van der Waals surface area contributed by atoms with Gasteiger partial charge < -0.3 is 24.2 Å². The highest BCUT2D eigenvalue weighted by molar-refractivity contribution is 7.90. The molecule has 2 atom stereocenters. The smallest absolute Gasteiger partial charge is 0.301 e. The molecule has 0 bridgehead atoms. The maximum atomic E-state index is 15.2. The number of hydrogen-bond acceptors (Lipinski definition) is 13. The SMILES string of the molecule is N#Cc1c(NS(=O)(=O)N2CC[C@@H](F)C2)ccc(F)c1Oc1ccc2ncn(-c3ccc(N4CCN(C5CC(OC6CCN(c7ccc8c(c7)CN([C@@H]7CCC(=O)NC7=O)C8=O)CC6)C5)CC4)cc3)c(=O)c2c1. The Morgan fingerprint density at radius 2 is 1.54 bits per heavy atom. The van der Waals surface area contributed by atoms with E-state index in [4.69, 9.17) is 9.47 Å². The van der Waals surface area contributed by atoms with Gasteiger partial charge in [0.15, 0.2) is 11.6 Å². The molecule has 5 aromatic rings. The summed E-state index contributed by atoms with van der Waals surface area (Å²) >= 11 is 0. The predicted octanol–water partition coefficient (Wildman–Crippen LogP) is 4.99. The number of carbonyl (C=O) groups is 3. The van der Waals surface area contributed by atoms with Crippen molar-refractivity contribution in [2.75, 3.05) is 66.9 Å². The summed E-state index contributed by atoms with van der Waals surface area (Å²) in [5, 5.41) is 12.5. The van der Waals surface area contributed by atoms with E-state index in [2.05, 4.69) is 35.8 Å². The molecule has 0 unspecified atom stereocenters. The first-order valence-corrected chi connectivity index (χ1v) is 25.8. The number of fused-ring (bicyclic) bond motifs is 2. The Bertz CT molecular complexity index is 3190. The summed E-state index contributed by atoms with van der Waals surface area (Å²) in [7, 11) is -4.24. The van der Waals surface area contributed by atoms with Gasteiger partial charge in [-0.1, -0.05) is 0 Å². The number of rotatable bonds is 12. The maximum Gasteiger partial charge on any atom is 0.301 e. The Labute approximate surface area is 413 Å². The summed E-state index contributed by atoms with van der Waals surface area (Å²) in [6.07, 6.45) is 5.05. The van der Waals surface area contributed by atoms with Crippen molar-refractivity contribution in [3.05, 3.63) is 112 Å². The van der Waals surface area contributed by atoms with E-state index in [9.17, 15) is 37.2 Å². The van der Waals surface area contributed by atoms with Crippen LogP contribution < -0.4 is 30.1 Å². The number of amides is 3. The largest absolute Gasteiger partial charge is 0.453 e. The van der Waals surface area contributed by atoms with Crippen LogP contribution in [-0.2, 0) is 31.1 Å². The molecule has 11 rings (SSSR count). The minimum Gasteiger partial charge on any atom is -0.453 e. The molecular weight excluding hydrogens is 951 g/mol. The van der Waals surface area contributed by atoms with E-state index < -0.39 is 51.0 Å². The van der Waals surface area contributed by atoms with Gasteiger partial charge in [-0.05, 0) is 117 Å². The van der Waals surface area contributed by atoms with Crippen molar-refractivity contribution in [2.24, 2.45) is 0 Å². The average molecular weight is 1000 g/mol. The molecule has 6 heterocycles. The maximum absolute atomic E-state index is 15.2. The van der Waals surface area contributed by atoms with Gasteiger partial charge in [0, 0.05) is 88.3 Å². The van der Waals surface area contributed by atoms with Gasteiger partial charge >= 0.3 is 10.2 Å². The minimum atomic E-state index is -4.24. The van der Waals surface area contributed by atoms with E-state index in [1.807, 2.05) is 36.4 Å². The number of nitrogens with one attached hydrogen (secondary N) is 2. The number of hydrogen-bond donors (Lipinski definition) is 2. The van der Waals surface area contributed by atoms with Gasteiger partial charge in [-0.3, -0.25) is 38.7 Å². The van der Waals surface area contributed by atoms with Crippen LogP contribution in [0.15, 0.2) is 83.9 Å². The van der Waals surface area contributed by atoms with Crippen LogP contribution in [-0.4, -0.2) is 133 Å². The number of benzene rings is 4. The Morgan fingerprint density at radius 3 is 2.26 bits per heavy atom. The van der Waals surface area contributed by atoms with Crippen molar-refractivity contribution in [1.29, 1.82) is 5.26 Å². The second kappa shape index (κ2) is 19.2. The summed E-state index contributed by atoms with van der Waals surface area (Å²) in [5.74, 6) is -2.33. The van der Waals surface area contributed by atoms with Crippen LogP contribution in [0.5, 0.6) is 11.5 Å². The van der Waals surface area contributed by atoms with Crippen LogP contribution in [0.4, 0.5) is 25.8 Å². The number of alkyl halides is 1. The number of carbonyl (C=O) groups excluding carboxylic acids is 3. The van der Waals surface area contributed by atoms with Crippen LogP contribution in [0, 0.1) is 17.1 Å². The Balaban J connectivity index is 0.653. The van der Waals surface area contributed by atoms with Crippen LogP contribution >= 0.6 is 0 Å². The number of anilines is 3. The fourth-order valence-corrected chi connectivity index (χ4v) is 12.1. The van der Waals surface area contributed by atoms with Gasteiger partial charge in [-0.25, -0.2) is 13.8 Å². The first kappa shape index (κ1) is 47.3. The van der Waals surface area contributed by atoms with E-state index >= 15 is 4.39 Å². The molecule has 4 aromatic carbocycles. The molecule has 21 heteroatoms. The van der Waals surface area contributed by atoms with Gasteiger partial charge in [0.1, 0.15) is 35.9 Å². The van der Waals surface area contributed by atoms with Crippen LogP contribution in [0.1, 0.15) is 66.4 Å². The highest BCUT2D eigenvalue weighted by Crippen LogP contribution is 2.37. The molecule has 1 aromatic heterocycles. The van der Waals surface area contributed by atoms with E-state index in [0.717, 1.165) is 98.3 Å². The molecule has 0 spiro atoms. The van der Waals surface area contributed by atoms with Crippen molar-refractivity contribution < 1.29 is 41.1 Å². The Kier molecular flexibility index (Phi) is 12.6. The number of imide groups is 1. The first-order valence-electron chi connectivity index (χ1n) is 24.4. The van der Waals surface area contributed by atoms with Gasteiger partial charge in [0.05, 0.1) is 34.5 Å². The van der Waals surface area contributed by atoms with E-state index in [-0.39, 0.29) is 66.8 Å². The molecule has 1 saturated carbocycles. The summed E-state index contributed by atoms with van der Waals surface area (Å²) < 4.78 is 71.8. The molecule has 6 aliphatic rings. The van der Waals surface area contributed by atoms with Crippen LogP contribution in [0.25, 0.3) is 16.6 Å². The fourth-order valence-electron chi connectivity index (χ4n) is 10.8. The third kappa shape index (κ3) is 9.23. The number of halogens is 2. The second-order valence-electron chi connectivity index (χ2n) is 19.3. The number of nitriles is 1. The summed E-state index contributed by atoms with van der Waals surface area (Å²) in [5.41, 5.74) is 3.50. The third-order valence-electron chi connectivity index (χ3n) is 14.9. The second-order valence-corrected chi connectivity index (χ2v) is 21.0. The van der Waals surface area contributed by atoms with Crippen LogP contribution in [0.3, 0.4) is 0 Å². The topological polar surface area (TPSA) is 203 Å². The lowest BCUT2D eigenvalue weighted by atomic mass is 9.87. The lowest BCUT2D eigenvalue weighted by molar-refractivity contribution is -0.136. The normalized spacial score (nSPS) is 23.2. The third-order valence-corrected chi connectivity index (χ3v) is 16.4. The molecule has 5 aliphatic heterocycles. The highest BCUT2D eigenvalue weighted by atomic mass is 32.2. The average Bonchev–Trinajstić information content (AvgIpc) is 3.96. The van der Waals surface area contributed by atoms with Crippen molar-refractivity contribution in [2.45, 2.75) is 82.0 Å². The highest BCUT2D eigenvalue weighted by Gasteiger charge is 2.41. The number of nitrogens with zero attached hydrogens (tertiary/aromatic N) is 8. The van der Waals surface area contributed by atoms with E-state index in [1.165, 1.54) is 29.1 Å². The number of ether oxygens (including phenoxy) is 2. The monoisotopic (exact) mass is 1000 g/mol. The molecule has 374 valence electrons. The molecule has 18 nitrogen and oxygen atoms in total. The Morgan fingerprint density at radius 1 is 0.806 bits per heavy atom. The lowest BCUT2D eigenvalue weighted by Gasteiger charge is -2.47. The lowest BCUT2D eigenvalue weighted by Crippen LogP contribution is -2.56. The zero-order valence-corrected chi connectivity index (χ0v) is 40.0. The standard InChI is InChI=1S/C51H52F2N10O8S/c52-32-13-18-61(29-32)72(68,69)57-45-10-8-43(53)48(42(45)27-54)71-38-6-9-44-41(26-38)51(67)63(30-55-44)34-3-1-33(2-4-34)59-19-21-60(22-20-59)36-24-39(25-36)70-37-14-16-58(17-15-37)35-5-7-40-31(23-35)28-62(50(40)66)46-11-12-47(64)56-49(46)65/h1-10,23,26,30,32,36-37,39,46,57H,11-22,24-25,28-29H2,(H,56,64,65)/t32-,36?,39?,46-/m1/s1. The van der Waals surface area contributed by atoms with Crippen molar-refractivity contribution >= 4 is 55.9 Å². The summed E-state index contributed by atoms with van der Waals surface area (Å²) in [6, 6.07) is 21.7. The number of piperazine rings is 1. The van der Waals surface area contributed by atoms with Gasteiger partial charge in [0.2, 0.25) is 11.8 Å². The minimum absolute atomic E-state index is 0.0173. The zero-order chi connectivity index (χ0) is 49.8. The molecule has 0 radical (unpaired) electrons. The molecule has 4 saturated heterocycles. The van der Waals surface area contributed by atoms with Gasteiger partial charge in [-0.15, -0.1) is 0 Å². The molecule has 72 heavy (non-hydrogen) atoms. The molecule has 2 N–H and O–H groups in total. The molecule has 3 amide bonds. The first-order chi connectivity index (χ1) is 34.8. The van der Waals surface area contributed by atoms with Crippen LogP contribution in [0.2, 0.25) is 0 Å². The van der Waals surface area contributed by atoms with Crippen molar-refractivity contribution in [3.8, 4) is 23.3 Å². The van der Waals surface area contributed by atoms with Gasteiger partial charge in [0.25, 0.3) is 11.5 Å². The summed E-state index contributed by atoms with van der Waals surface area (Å²) in [6.45, 7) is 5.26. The Hall–Kier alpha value is -6.99. The molecule has 5 fully saturated rings. The van der Waals surface area contributed by atoms with E-state index in [0.29, 0.717) is 35.8 Å². The summed E-state index contributed by atoms with van der Waals surface area (Å²) in [4.78, 5) is 64.5. The zero-order valence-electron chi connectivity index (χ0n) is 39.2. The molecule has 1 aliphatic carbocycles. The predicted molar refractivity (Wildman–Crippen MR) is 262 cm³/mol. The quantitative estimate of drug-likeness (QED) is 0.159. The number of piperidine rings is 2. The molecular formula is C51H52F2N10O8S. The van der Waals surface area contributed by atoms with E-state index in [1.54, 1.807) is 11.0 Å². The number of aromatic nitrogens is 2. The van der Waals surface area contributed by atoms with Crippen molar-refractivity contribution in [1.82, 2.24) is 29.0 Å². The van der Waals surface area contributed by atoms with Crippen molar-refractivity contribution in [3.63, 3.8) is 0 Å².